The fourth-order valence-corrected chi connectivity index (χ4v) is 9.04. The van der Waals surface area contributed by atoms with Gasteiger partial charge >= 0.3 is 0 Å². The van der Waals surface area contributed by atoms with Crippen molar-refractivity contribution in [2.45, 2.75) is 187 Å². The lowest BCUT2D eigenvalue weighted by atomic mass is 10.00. The molecule has 0 aliphatic heterocycles. The normalized spacial score (nSPS) is 13.6. The molecule has 22 N–H and O–H groups in total. The molecule has 32 nitrogen and oxygen atoms in total. The topological polar surface area (TPSA) is 519 Å². The van der Waals surface area contributed by atoms with E-state index in [-0.39, 0.29) is 87.0 Å². The number of rotatable bonds is 45. The number of nitrogens with two attached hydrogens (primary N) is 4. The fourth-order valence-electron chi connectivity index (χ4n) is 9.04. The van der Waals surface area contributed by atoms with Gasteiger partial charge in [-0.3, -0.25) is 67.3 Å². The summed E-state index contributed by atoms with van der Waals surface area (Å²) in [5.41, 5.74) is 24.1. The molecule has 2 aromatic rings. The summed E-state index contributed by atoms with van der Waals surface area (Å²) < 4.78 is 0. The summed E-state index contributed by atoms with van der Waals surface area (Å²) in [6, 6.07) is -1.36. The van der Waals surface area contributed by atoms with Crippen LogP contribution in [-0.2, 0) is 68.7 Å². The zero-order valence-electron chi connectivity index (χ0n) is 54.0. The first-order valence-corrected chi connectivity index (χ1v) is 31.2. The lowest BCUT2D eigenvalue weighted by Gasteiger charge is -2.26. The highest BCUT2D eigenvalue weighted by Gasteiger charge is 2.31. The van der Waals surface area contributed by atoms with Crippen LogP contribution in [0.4, 0.5) is 0 Å². The van der Waals surface area contributed by atoms with Crippen molar-refractivity contribution in [2.24, 2.45) is 39.8 Å². The summed E-state index contributed by atoms with van der Waals surface area (Å²) in [4.78, 5) is 173. The summed E-state index contributed by atoms with van der Waals surface area (Å²) in [6.45, 7) is 10.6. The van der Waals surface area contributed by atoms with Gasteiger partial charge < -0.3 is 96.8 Å². The molecule has 0 spiro atoms. The SMILES string of the molecule is CC(C)C[C@H](NC(=O)CNC(=O)[C@H](C)NC(=O)[C@H](C)NC(=O)[C@H](CCCN=C(N)N)NC(=O)CNC(=O)CCCCNC(=O)CCCCNC(=O)CCCCNC(=O)[C@H](C)NC(=O)[C@@H](N)Cc1c[nH]c2ccccc12)C(=O)N[C@@H](CC(C)C)C(=O)N[C@@H](CO)C(N)=O. The van der Waals surface area contributed by atoms with Crippen molar-refractivity contribution >= 4 is 93.7 Å². The quantitative estimate of drug-likeness (QED) is 0.0172. The molecule has 0 aliphatic rings. The van der Waals surface area contributed by atoms with Crippen molar-refractivity contribution in [1.29, 1.82) is 0 Å². The van der Waals surface area contributed by atoms with E-state index in [4.69, 9.17) is 22.9 Å². The average Bonchev–Trinajstić information content (AvgIpc) is 1.73. The number of hydrogen-bond donors (Lipinski definition) is 18. The molecule has 1 aromatic carbocycles. The number of aliphatic hydroxyl groups is 1. The molecule has 2 rings (SSSR count). The van der Waals surface area contributed by atoms with Gasteiger partial charge in [0.15, 0.2) is 5.96 Å². The van der Waals surface area contributed by atoms with Crippen LogP contribution in [-0.4, -0.2) is 187 Å². The van der Waals surface area contributed by atoms with Gasteiger partial charge in [-0.05, 0) is 115 Å². The number of carbonyl (C=O) groups is 13. The molecule has 0 saturated carbocycles. The molecule has 0 fully saturated rings. The number of H-pyrrole nitrogens is 1. The van der Waals surface area contributed by atoms with Gasteiger partial charge in [-0.1, -0.05) is 45.9 Å². The molecule has 92 heavy (non-hydrogen) atoms. The van der Waals surface area contributed by atoms with Gasteiger partial charge in [0.1, 0.15) is 42.3 Å². The first-order valence-electron chi connectivity index (χ1n) is 31.2. The summed E-state index contributed by atoms with van der Waals surface area (Å²) in [7, 11) is 0. The predicted molar refractivity (Wildman–Crippen MR) is 342 cm³/mol. The maximum absolute atomic E-state index is 13.4. The highest BCUT2D eigenvalue weighted by atomic mass is 16.3. The Morgan fingerprint density at radius 1 is 0.478 bits per heavy atom. The number of carbonyl (C=O) groups excluding carboxylic acids is 13. The lowest BCUT2D eigenvalue weighted by molar-refractivity contribution is -0.134. The fraction of sp³-hybridized carbons (Fsp3) is 0.633. The lowest BCUT2D eigenvalue weighted by Crippen LogP contribution is -2.58. The maximum Gasteiger partial charge on any atom is 0.243 e. The van der Waals surface area contributed by atoms with E-state index in [1.807, 2.05) is 30.5 Å². The Balaban J connectivity index is 1.69. The third kappa shape index (κ3) is 32.7. The minimum absolute atomic E-state index is 0.0121. The minimum atomic E-state index is -1.39. The van der Waals surface area contributed by atoms with Crippen LogP contribution in [0.5, 0.6) is 0 Å². The number of fused-ring (bicyclic) bond motifs is 1. The molecule has 0 unspecified atom stereocenters. The van der Waals surface area contributed by atoms with Crippen molar-refractivity contribution in [1.82, 2.24) is 68.8 Å². The predicted octanol–water partition coefficient (Wildman–Crippen LogP) is -3.79. The van der Waals surface area contributed by atoms with E-state index >= 15 is 0 Å². The van der Waals surface area contributed by atoms with Gasteiger partial charge in [0.05, 0.1) is 25.7 Å². The highest BCUT2D eigenvalue weighted by Crippen LogP contribution is 2.19. The number of benzene rings is 1. The molecule has 1 heterocycles. The van der Waals surface area contributed by atoms with E-state index < -0.39 is 127 Å². The van der Waals surface area contributed by atoms with Crippen LogP contribution in [0.1, 0.15) is 138 Å². The molecular weight excluding hydrogens is 1200 g/mol. The number of para-hydroxylation sites is 1. The molecule has 8 atom stereocenters. The molecule has 0 aliphatic carbocycles. The standard InChI is InChI=1S/C60H100N18O14/c1-34(2)27-44(58(91)77-45(28-35(3)4)59(92)78-46(33-79)52(62)85)76-51(84)32-71-54(87)37(6)72-55(88)38(7)74-57(90)43(19-16-26-68-60(63)64)75-50(83)31-70-49(82)22-11-14-24-66-47(80)20-10-13-23-65-48(81)21-12-15-25-67-53(86)36(5)73-56(89)41(61)29-39-30-69-42-18-9-8-17-40(39)42/h8-9,17-18,30,34-38,41,43-46,69,79H,10-16,19-29,31-33,61H2,1-7H3,(H2,62,85)(H,65,81)(H,66,80)(H,67,86)(H,70,82)(H,71,87)(H,72,88)(H,73,89)(H,74,90)(H,75,83)(H,76,84)(H,77,91)(H,78,92)(H4,63,64,68)/t36-,37-,38-,41-,43-,44-,45-,46-/m0/s1. The zero-order valence-corrected chi connectivity index (χ0v) is 54.0. The summed E-state index contributed by atoms with van der Waals surface area (Å²) in [5.74, 6) is -8.38. The Morgan fingerprint density at radius 3 is 1.46 bits per heavy atom. The summed E-state index contributed by atoms with van der Waals surface area (Å²) >= 11 is 0. The van der Waals surface area contributed by atoms with Gasteiger partial charge in [-0.2, -0.15) is 0 Å². The molecule has 0 bridgehead atoms. The summed E-state index contributed by atoms with van der Waals surface area (Å²) in [5, 5.41) is 41.2. The van der Waals surface area contributed by atoms with Crippen LogP contribution < -0.4 is 86.7 Å². The molecule has 32 heteroatoms. The van der Waals surface area contributed by atoms with Gasteiger partial charge in [0.25, 0.3) is 0 Å². The minimum Gasteiger partial charge on any atom is -0.394 e. The number of aliphatic imine (C=N–C) groups is 1. The molecule has 0 saturated heterocycles. The third-order valence-corrected chi connectivity index (χ3v) is 14.2. The number of unbranched alkanes of at least 4 members (excludes halogenated alkanes) is 3. The number of aromatic nitrogens is 1. The van der Waals surface area contributed by atoms with E-state index in [9.17, 15) is 67.4 Å². The smallest absolute Gasteiger partial charge is 0.243 e. The van der Waals surface area contributed by atoms with Gasteiger partial charge in [-0.25, -0.2) is 0 Å². The average molecular weight is 1300 g/mol. The van der Waals surface area contributed by atoms with Crippen LogP contribution >= 0.6 is 0 Å². The number of amides is 13. The molecular formula is C60H100N18O14. The van der Waals surface area contributed by atoms with Crippen LogP contribution in [0.3, 0.4) is 0 Å². The molecule has 1 aromatic heterocycles. The molecule has 13 amide bonds. The number of aromatic amines is 1. The second kappa shape index (κ2) is 42.9. The van der Waals surface area contributed by atoms with E-state index in [1.54, 1.807) is 34.6 Å². The van der Waals surface area contributed by atoms with Crippen LogP contribution in [0.2, 0.25) is 0 Å². The molecule has 514 valence electrons. The Morgan fingerprint density at radius 2 is 0.924 bits per heavy atom. The summed E-state index contributed by atoms with van der Waals surface area (Å²) in [6.07, 6.45) is 6.18. The van der Waals surface area contributed by atoms with Crippen molar-refractivity contribution < 1.29 is 67.4 Å². The third-order valence-electron chi connectivity index (χ3n) is 14.2. The Labute approximate surface area is 536 Å². The van der Waals surface area contributed by atoms with Gasteiger partial charge in [0, 0.05) is 62.5 Å². The molecule has 0 radical (unpaired) electrons. The number of primary amides is 1. The van der Waals surface area contributed by atoms with E-state index in [0.717, 1.165) is 16.5 Å². The van der Waals surface area contributed by atoms with Crippen LogP contribution in [0.25, 0.3) is 10.9 Å². The van der Waals surface area contributed by atoms with E-state index in [2.05, 4.69) is 73.8 Å². The number of nitrogens with zero attached hydrogens (tertiary/aromatic N) is 1. The van der Waals surface area contributed by atoms with E-state index in [1.165, 1.54) is 13.8 Å². The van der Waals surface area contributed by atoms with Crippen molar-refractivity contribution in [2.75, 3.05) is 45.9 Å². The van der Waals surface area contributed by atoms with E-state index in [0.29, 0.717) is 64.6 Å². The second-order valence-corrected chi connectivity index (χ2v) is 23.4. The Hall–Kier alpha value is -8.94. The van der Waals surface area contributed by atoms with Crippen molar-refractivity contribution in [3.8, 4) is 0 Å². The zero-order chi connectivity index (χ0) is 68.9. The van der Waals surface area contributed by atoms with Crippen molar-refractivity contribution in [3.63, 3.8) is 0 Å². The monoisotopic (exact) mass is 1300 g/mol. The maximum atomic E-state index is 13.4. The van der Waals surface area contributed by atoms with Crippen LogP contribution in [0.15, 0.2) is 35.5 Å². The van der Waals surface area contributed by atoms with Crippen LogP contribution in [0, 0.1) is 11.8 Å². The first kappa shape index (κ1) is 79.2. The number of guanidine groups is 1. The first-order chi connectivity index (χ1) is 43.5. The number of nitrogens with one attached hydrogen (secondary N) is 13. The van der Waals surface area contributed by atoms with Gasteiger partial charge in [-0.15, -0.1) is 0 Å². The second-order valence-electron chi connectivity index (χ2n) is 23.4. The highest BCUT2D eigenvalue weighted by molar-refractivity contribution is 5.97. The number of hydrogen-bond acceptors (Lipinski definition) is 16. The number of aliphatic hydroxyl groups excluding tert-OH is 1. The Bertz CT molecular complexity index is 2810. The van der Waals surface area contributed by atoms with Gasteiger partial charge in [0.2, 0.25) is 76.8 Å². The Kier molecular flexibility index (Phi) is 36.9. The van der Waals surface area contributed by atoms with Crippen molar-refractivity contribution in [3.05, 3.63) is 36.0 Å². The largest absolute Gasteiger partial charge is 0.394 e.